The molecule has 0 aliphatic heterocycles. The number of hydrogen-bond acceptors (Lipinski definition) is 3. The summed E-state index contributed by atoms with van der Waals surface area (Å²) in [6.45, 7) is 2.86. The van der Waals surface area contributed by atoms with Crippen molar-refractivity contribution < 1.29 is 18.3 Å². The van der Waals surface area contributed by atoms with Crippen molar-refractivity contribution in [1.82, 2.24) is 4.72 Å². The van der Waals surface area contributed by atoms with E-state index < -0.39 is 22.0 Å². The molecular formula is C10H12ClNO4S. The monoisotopic (exact) mass is 277 g/mol. The zero-order valence-corrected chi connectivity index (χ0v) is 10.8. The lowest BCUT2D eigenvalue weighted by atomic mass is 10.2. The molecule has 0 saturated carbocycles. The van der Waals surface area contributed by atoms with Crippen molar-refractivity contribution in [1.29, 1.82) is 0 Å². The van der Waals surface area contributed by atoms with Gasteiger partial charge in [-0.1, -0.05) is 17.7 Å². The Kier molecular flexibility index (Phi) is 4.13. The number of carbonyl (C=O) groups is 1. The summed E-state index contributed by atoms with van der Waals surface area (Å²) in [4.78, 5) is 10.6. The number of carboxylic acid groups (broad SMARTS) is 1. The van der Waals surface area contributed by atoms with Crippen LogP contribution in [0.1, 0.15) is 12.5 Å². The van der Waals surface area contributed by atoms with Crippen LogP contribution in [0.5, 0.6) is 0 Å². The van der Waals surface area contributed by atoms with Gasteiger partial charge in [-0.15, -0.1) is 0 Å². The van der Waals surface area contributed by atoms with Crippen LogP contribution in [0.3, 0.4) is 0 Å². The Morgan fingerprint density at radius 2 is 2.06 bits per heavy atom. The van der Waals surface area contributed by atoms with Crippen molar-refractivity contribution in [3.05, 3.63) is 28.8 Å². The molecular weight excluding hydrogens is 266 g/mol. The zero-order valence-electron chi connectivity index (χ0n) is 9.27. The molecule has 0 heterocycles. The van der Waals surface area contributed by atoms with Gasteiger partial charge in [0.05, 0.1) is 4.90 Å². The first-order valence-electron chi connectivity index (χ1n) is 4.75. The molecule has 1 rings (SSSR count). The lowest BCUT2D eigenvalue weighted by Crippen LogP contribution is -2.38. The van der Waals surface area contributed by atoms with Gasteiger partial charge in [-0.05, 0) is 31.5 Å². The number of sulfonamides is 1. The van der Waals surface area contributed by atoms with Crippen LogP contribution in [0.15, 0.2) is 23.1 Å². The number of aryl methyl sites for hydroxylation is 1. The average Bonchev–Trinajstić information content (AvgIpc) is 2.20. The highest BCUT2D eigenvalue weighted by Crippen LogP contribution is 2.20. The predicted octanol–water partition coefficient (Wildman–Crippen LogP) is 1.40. The smallest absolute Gasteiger partial charge is 0.321 e. The molecule has 5 nitrogen and oxygen atoms in total. The van der Waals surface area contributed by atoms with E-state index in [0.717, 1.165) is 0 Å². The maximum absolute atomic E-state index is 11.9. The highest BCUT2D eigenvalue weighted by Gasteiger charge is 2.23. The van der Waals surface area contributed by atoms with Crippen LogP contribution >= 0.6 is 11.6 Å². The van der Waals surface area contributed by atoms with Crippen LogP contribution in [-0.4, -0.2) is 25.5 Å². The largest absolute Gasteiger partial charge is 0.480 e. The summed E-state index contributed by atoms with van der Waals surface area (Å²) < 4.78 is 25.8. The third-order valence-electron chi connectivity index (χ3n) is 2.14. The van der Waals surface area contributed by atoms with Gasteiger partial charge in [0.15, 0.2) is 0 Å². The summed E-state index contributed by atoms with van der Waals surface area (Å²) in [5.74, 6) is -1.24. The molecule has 1 aromatic carbocycles. The van der Waals surface area contributed by atoms with Crippen LogP contribution in [0.2, 0.25) is 5.02 Å². The van der Waals surface area contributed by atoms with Gasteiger partial charge in [-0.3, -0.25) is 4.79 Å². The Morgan fingerprint density at radius 1 is 1.47 bits per heavy atom. The quantitative estimate of drug-likeness (QED) is 0.871. The molecule has 0 amide bonds. The summed E-state index contributed by atoms with van der Waals surface area (Å²) in [5.41, 5.74) is 0.500. The van der Waals surface area contributed by atoms with E-state index >= 15 is 0 Å². The van der Waals surface area contributed by atoms with E-state index in [9.17, 15) is 13.2 Å². The van der Waals surface area contributed by atoms with Gasteiger partial charge < -0.3 is 5.11 Å². The van der Waals surface area contributed by atoms with Crippen molar-refractivity contribution in [3.63, 3.8) is 0 Å². The zero-order chi connectivity index (χ0) is 13.2. The molecule has 1 atom stereocenters. The van der Waals surface area contributed by atoms with Gasteiger partial charge in [0.1, 0.15) is 6.04 Å². The summed E-state index contributed by atoms with van der Waals surface area (Å²) in [6, 6.07) is 3.21. The van der Waals surface area contributed by atoms with Gasteiger partial charge in [-0.25, -0.2) is 8.42 Å². The van der Waals surface area contributed by atoms with E-state index in [1.807, 2.05) is 0 Å². The van der Waals surface area contributed by atoms with Crippen molar-refractivity contribution in [2.24, 2.45) is 0 Å². The standard InChI is InChI=1S/C10H12ClNO4S/c1-6-3-4-8(11)5-9(6)17(15,16)12-7(2)10(13)14/h3-5,7,12H,1-2H3,(H,13,14)/t7-/m1/s1. The van der Waals surface area contributed by atoms with Gasteiger partial charge in [0, 0.05) is 5.02 Å². The molecule has 0 aliphatic rings. The van der Waals surface area contributed by atoms with Crippen molar-refractivity contribution in [2.75, 3.05) is 0 Å². The van der Waals surface area contributed by atoms with E-state index in [1.54, 1.807) is 19.1 Å². The maximum Gasteiger partial charge on any atom is 0.321 e. The normalized spacial score (nSPS) is 13.4. The van der Waals surface area contributed by atoms with Crippen molar-refractivity contribution >= 4 is 27.6 Å². The Morgan fingerprint density at radius 3 is 2.59 bits per heavy atom. The lowest BCUT2D eigenvalue weighted by molar-refractivity contribution is -0.138. The van der Waals surface area contributed by atoms with E-state index in [-0.39, 0.29) is 9.92 Å². The molecule has 0 radical (unpaired) electrons. The number of hydrogen-bond donors (Lipinski definition) is 2. The van der Waals surface area contributed by atoms with E-state index in [1.165, 1.54) is 13.0 Å². The lowest BCUT2D eigenvalue weighted by Gasteiger charge is -2.12. The first kappa shape index (κ1) is 14.0. The molecule has 0 bridgehead atoms. The number of benzene rings is 1. The minimum Gasteiger partial charge on any atom is -0.480 e. The van der Waals surface area contributed by atoms with E-state index in [0.29, 0.717) is 5.56 Å². The summed E-state index contributed by atoms with van der Waals surface area (Å²) >= 11 is 5.71. The van der Waals surface area contributed by atoms with Gasteiger partial charge in [0.25, 0.3) is 0 Å². The fourth-order valence-electron chi connectivity index (χ4n) is 1.21. The Bertz CT molecular complexity index is 541. The number of aliphatic carboxylic acids is 1. The average molecular weight is 278 g/mol. The molecule has 1 aromatic rings. The second-order valence-electron chi connectivity index (χ2n) is 3.59. The number of halogens is 1. The fraction of sp³-hybridized carbons (Fsp3) is 0.300. The number of nitrogens with one attached hydrogen (secondary N) is 1. The minimum absolute atomic E-state index is 0.0156. The molecule has 7 heteroatoms. The Labute approximate surface area is 104 Å². The Balaban J connectivity index is 3.13. The summed E-state index contributed by atoms with van der Waals surface area (Å²) in [6.07, 6.45) is 0. The van der Waals surface area contributed by atoms with Crippen LogP contribution < -0.4 is 4.72 Å². The highest BCUT2D eigenvalue weighted by molar-refractivity contribution is 7.89. The first-order chi connectivity index (χ1) is 7.74. The fourth-order valence-corrected chi connectivity index (χ4v) is 2.91. The van der Waals surface area contributed by atoms with Crippen LogP contribution in [0, 0.1) is 6.92 Å². The molecule has 0 fully saturated rings. The second-order valence-corrected chi connectivity index (χ2v) is 5.71. The van der Waals surface area contributed by atoms with Gasteiger partial charge in [-0.2, -0.15) is 4.72 Å². The third-order valence-corrected chi connectivity index (χ3v) is 4.06. The predicted molar refractivity (Wildman–Crippen MR) is 63.6 cm³/mol. The molecule has 17 heavy (non-hydrogen) atoms. The van der Waals surface area contributed by atoms with E-state index in [4.69, 9.17) is 16.7 Å². The topological polar surface area (TPSA) is 83.5 Å². The van der Waals surface area contributed by atoms with Crippen LogP contribution in [0.4, 0.5) is 0 Å². The van der Waals surface area contributed by atoms with Crippen LogP contribution in [0.25, 0.3) is 0 Å². The molecule has 0 spiro atoms. The number of carboxylic acids is 1. The minimum atomic E-state index is -3.87. The summed E-state index contributed by atoms with van der Waals surface area (Å²) in [5, 5.41) is 8.94. The van der Waals surface area contributed by atoms with E-state index in [2.05, 4.69) is 4.72 Å². The molecule has 0 aliphatic carbocycles. The maximum atomic E-state index is 11.9. The third kappa shape index (κ3) is 3.42. The molecule has 0 aromatic heterocycles. The Hall–Kier alpha value is -1.11. The molecule has 94 valence electrons. The van der Waals surface area contributed by atoms with Gasteiger partial charge >= 0.3 is 5.97 Å². The summed E-state index contributed by atoms with van der Waals surface area (Å²) in [7, 11) is -3.87. The second kappa shape index (κ2) is 5.03. The highest BCUT2D eigenvalue weighted by atomic mass is 35.5. The molecule has 2 N–H and O–H groups in total. The van der Waals surface area contributed by atoms with Gasteiger partial charge in [0.2, 0.25) is 10.0 Å². The molecule has 0 unspecified atom stereocenters. The molecule has 0 saturated heterocycles. The first-order valence-corrected chi connectivity index (χ1v) is 6.61. The van der Waals surface area contributed by atoms with Crippen molar-refractivity contribution in [2.45, 2.75) is 24.8 Å². The van der Waals surface area contributed by atoms with Crippen LogP contribution in [-0.2, 0) is 14.8 Å². The van der Waals surface area contributed by atoms with Crippen molar-refractivity contribution in [3.8, 4) is 0 Å². The number of rotatable bonds is 4. The SMILES string of the molecule is Cc1ccc(Cl)cc1S(=O)(=O)N[C@H](C)C(=O)O.